The third-order valence-electron chi connectivity index (χ3n) is 1.77. The summed E-state index contributed by atoms with van der Waals surface area (Å²) >= 11 is 0. The van der Waals surface area contributed by atoms with Crippen LogP contribution in [-0.4, -0.2) is 31.6 Å². The maximum Gasteiger partial charge on any atom is 0.319 e. The first-order valence-electron chi connectivity index (χ1n) is 4.56. The number of hydrogen-bond acceptors (Lipinski definition) is 4. The Morgan fingerprint density at radius 2 is 2.00 bits per heavy atom. The highest BCUT2D eigenvalue weighted by Gasteiger charge is 2.17. The lowest BCUT2D eigenvalue weighted by atomic mass is 10.0. The Kier molecular flexibility index (Phi) is 5.87. The molecule has 0 aliphatic rings. The van der Waals surface area contributed by atoms with E-state index in [0.29, 0.717) is 12.3 Å². The van der Waals surface area contributed by atoms with Crippen molar-refractivity contribution in [2.75, 3.05) is 13.7 Å². The largest absolute Gasteiger partial charge is 0.468 e. The molecule has 3 N–H and O–H groups in total. The molecule has 0 aromatic rings. The average molecular weight is 202 g/mol. The number of carbonyl (C=O) groups excluding carboxylic acids is 2. The highest BCUT2D eigenvalue weighted by Crippen LogP contribution is 2.03. The highest BCUT2D eigenvalue weighted by molar-refractivity contribution is 5.81. The molecule has 0 heterocycles. The molecule has 5 nitrogen and oxygen atoms in total. The van der Waals surface area contributed by atoms with Gasteiger partial charge in [-0.3, -0.25) is 14.9 Å². The van der Waals surface area contributed by atoms with Gasteiger partial charge in [-0.2, -0.15) is 0 Å². The lowest BCUT2D eigenvalue weighted by Crippen LogP contribution is -2.44. The summed E-state index contributed by atoms with van der Waals surface area (Å²) in [7, 11) is 1.30. The summed E-state index contributed by atoms with van der Waals surface area (Å²) in [5.74, 6) is -0.500. The fourth-order valence-corrected chi connectivity index (χ4v) is 1.05. The molecule has 0 radical (unpaired) electrons. The third kappa shape index (κ3) is 5.53. The summed E-state index contributed by atoms with van der Waals surface area (Å²) in [5.41, 5.74) is 5.16. The minimum atomic E-state index is -0.464. The summed E-state index contributed by atoms with van der Waals surface area (Å²) in [6, 6.07) is -0.464. The van der Waals surface area contributed by atoms with E-state index in [2.05, 4.69) is 10.1 Å². The van der Waals surface area contributed by atoms with Crippen LogP contribution in [0.1, 0.15) is 20.3 Å². The van der Waals surface area contributed by atoms with E-state index in [9.17, 15) is 9.59 Å². The summed E-state index contributed by atoms with van der Waals surface area (Å²) in [6.07, 6.45) is 0.617. The molecule has 0 aromatic heterocycles. The summed E-state index contributed by atoms with van der Waals surface area (Å²) < 4.78 is 4.43. The fourth-order valence-electron chi connectivity index (χ4n) is 1.05. The maximum atomic E-state index is 10.9. The third-order valence-corrected chi connectivity index (χ3v) is 1.77. The predicted molar refractivity (Wildman–Crippen MR) is 52.5 cm³/mol. The number of nitrogens with one attached hydrogen (secondary N) is 1. The van der Waals surface area contributed by atoms with E-state index in [1.165, 1.54) is 7.11 Å². The number of nitrogens with two attached hydrogens (primary N) is 1. The predicted octanol–water partition coefficient (Wildman–Crippen LogP) is -0.351. The van der Waals surface area contributed by atoms with E-state index in [0.717, 1.165) is 0 Å². The van der Waals surface area contributed by atoms with Gasteiger partial charge in [-0.1, -0.05) is 13.8 Å². The van der Waals surface area contributed by atoms with Crippen molar-refractivity contribution in [2.45, 2.75) is 26.3 Å². The second-order valence-corrected chi connectivity index (χ2v) is 3.54. The maximum absolute atomic E-state index is 10.9. The van der Waals surface area contributed by atoms with E-state index < -0.39 is 17.9 Å². The number of amides is 1. The number of esters is 1. The van der Waals surface area contributed by atoms with Crippen molar-refractivity contribution < 1.29 is 14.3 Å². The van der Waals surface area contributed by atoms with Crippen LogP contribution in [0.15, 0.2) is 0 Å². The molecule has 0 aromatic carbocycles. The molecule has 0 bridgehead atoms. The summed E-state index contributed by atoms with van der Waals surface area (Å²) in [4.78, 5) is 21.7. The van der Waals surface area contributed by atoms with Gasteiger partial charge in [-0.15, -0.1) is 0 Å². The Morgan fingerprint density at radius 1 is 1.43 bits per heavy atom. The van der Waals surface area contributed by atoms with Crippen LogP contribution < -0.4 is 11.1 Å². The van der Waals surface area contributed by atoms with Gasteiger partial charge in [0.15, 0.2) is 0 Å². The second-order valence-electron chi connectivity index (χ2n) is 3.54. The minimum Gasteiger partial charge on any atom is -0.468 e. The number of carbonyl (C=O) groups is 2. The van der Waals surface area contributed by atoms with E-state index in [4.69, 9.17) is 5.73 Å². The molecular weight excluding hydrogens is 184 g/mol. The first kappa shape index (κ1) is 12.9. The fraction of sp³-hybridized carbons (Fsp3) is 0.778. The molecular formula is C9H18N2O3. The Bertz CT molecular complexity index is 204. The van der Waals surface area contributed by atoms with E-state index in [-0.39, 0.29) is 6.54 Å². The standard InChI is InChI=1S/C9H18N2O3/c1-6(2)4-7(9(10)13)11-5-8(12)14-3/h6-7,11H,4-5H2,1-3H3,(H2,10,13)/t7-/m0/s1. The van der Waals surface area contributed by atoms with Crippen LogP contribution in [-0.2, 0) is 14.3 Å². The monoisotopic (exact) mass is 202 g/mol. The van der Waals surface area contributed by atoms with Gasteiger partial charge in [-0.05, 0) is 12.3 Å². The van der Waals surface area contributed by atoms with Crippen LogP contribution >= 0.6 is 0 Å². The van der Waals surface area contributed by atoms with Gasteiger partial charge in [0.05, 0.1) is 19.7 Å². The van der Waals surface area contributed by atoms with Crippen LogP contribution in [0.4, 0.5) is 0 Å². The number of hydrogen-bond donors (Lipinski definition) is 2. The quantitative estimate of drug-likeness (QED) is 0.577. The average Bonchev–Trinajstić information content (AvgIpc) is 2.10. The molecule has 1 atom stereocenters. The molecule has 0 spiro atoms. The molecule has 0 saturated heterocycles. The molecule has 0 aliphatic heterocycles. The van der Waals surface area contributed by atoms with Gasteiger partial charge < -0.3 is 10.5 Å². The van der Waals surface area contributed by atoms with E-state index >= 15 is 0 Å². The zero-order valence-corrected chi connectivity index (χ0v) is 8.87. The molecule has 0 fully saturated rings. The molecule has 14 heavy (non-hydrogen) atoms. The molecule has 5 heteroatoms. The van der Waals surface area contributed by atoms with Crippen LogP contribution in [0, 0.1) is 5.92 Å². The van der Waals surface area contributed by atoms with Crippen LogP contribution in [0.2, 0.25) is 0 Å². The lowest BCUT2D eigenvalue weighted by Gasteiger charge is -2.16. The molecule has 82 valence electrons. The number of methoxy groups -OCH3 is 1. The van der Waals surface area contributed by atoms with Crippen molar-refractivity contribution in [1.29, 1.82) is 0 Å². The molecule has 0 rings (SSSR count). The highest BCUT2D eigenvalue weighted by atomic mass is 16.5. The zero-order valence-electron chi connectivity index (χ0n) is 8.87. The normalized spacial score (nSPS) is 12.6. The second kappa shape index (κ2) is 6.37. The number of primary amides is 1. The van der Waals surface area contributed by atoms with Crippen molar-refractivity contribution in [3.63, 3.8) is 0 Å². The van der Waals surface area contributed by atoms with Gasteiger partial charge in [0.2, 0.25) is 5.91 Å². The zero-order chi connectivity index (χ0) is 11.1. The Labute approximate surface area is 84.0 Å². The Morgan fingerprint density at radius 3 is 2.36 bits per heavy atom. The molecule has 1 amide bonds. The van der Waals surface area contributed by atoms with Crippen LogP contribution in [0.25, 0.3) is 0 Å². The lowest BCUT2D eigenvalue weighted by molar-refractivity contribution is -0.139. The van der Waals surface area contributed by atoms with Crippen molar-refractivity contribution in [3.05, 3.63) is 0 Å². The van der Waals surface area contributed by atoms with Crippen molar-refractivity contribution >= 4 is 11.9 Å². The molecule has 0 unspecified atom stereocenters. The topological polar surface area (TPSA) is 81.4 Å². The van der Waals surface area contributed by atoms with Crippen molar-refractivity contribution in [2.24, 2.45) is 11.7 Å². The molecule has 0 aliphatic carbocycles. The number of ether oxygens (including phenoxy) is 1. The Balaban J connectivity index is 3.97. The molecule has 0 saturated carbocycles. The first-order valence-corrected chi connectivity index (χ1v) is 4.56. The smallest absolute Gasteiger partial charge is 0.319 e. The van der Waals surface area contributed by atoms with Crippen molar-refractivity contribution in [1.82, 2.24) is 5.32 Å². The summed E-state index contributed by atoms with van der Waals surface area (Å²) in [6.45, 7) is 3.97. The minimum absolute atomic E-state index is 0.0107. The van der Waals surface area contributed by atoms with Gasteiger partial charge in [0, 0.05) is 0 Å². The van der Waals surface area contributed by atoms with Gasteiger partial charge in [0.1, 0.15) is 0 Å². The Hall–Kier alpha value is -1.10. The van der Waals surface area contributed by atoms with E-state index in [1.54, 1.807) is 0 Å². The summed E-state index contributed by atoms with van der Waals surface area (Å²) in [5, 5.41) is 2.75. The van der Waals surface area contributed by atoms with Gasteiger partial charge >= 0.3 is 5.97 Å². The van der Waals surface area contributed by atoms with Gasteiger partial charge in [0.25, 0.3) is 0 Å². The van der Waals surface area contributed by atoms with E-state index in [1.807, 2.05) is 13.8 Å². The van der Waals surface area contributed by atoms with Crippen LogP contribution in [0.5, 0.6) is 0 Å². The van der Waals surface area contributed by atoms with Crippen molar-refractivity contribution in [3.8, 4) is 0 Å². The van der Waals surface area contributed by atoms with Crippen LogP contribution in [0.3, 0.4) is 0 Å². The first-order chi connectivity index (χ1) is 6.47. The SMILES string of the molecule is COC(=O)CN[C@@H](CC(C)C)C(N)=O. The number of rotatable bonds is 6. The van der Waals surface area contributed by atoms with Gasteiger partial charge in [-0.25, -0.2) is 0 Å².